The maximum atomic E-state index is 13.3. The summed E-state index contributed by atoms with van der Waals surface area (Å²) in [6, 6.07) is 20.1. The van der Waals surface area contributed by atoms with E-state index in [0.29, 0.717) is 25.3 Å². The molecule has 3 aromatic carbocycles. The van der Waals surface area contributed by atoms with Gasteiger partial charge in [-0.05, 0) is 54.4 Å². The Labute approximate surface area is 200 Å². The maximum Gasteiger partial charge on any atom is 0.254 e. The van der Waals surface area contributed by atoms with Gasteiger partial charge in [0.2, 0.25) is 0 Å². The normalized spacial score (nSPS) is 13.4. The number of hydrogen-bond acceptors (Lipinski definition) is 5. The summed E-state index contributed by atoms with van der Waals surface area (Å²) in [5.74, 6) is 1.73. The molecule has 0 bridgehead atoms. The van der Waals surface area contributed by atoms with Crippen LogP contribution in [0.5, 0.6) is 5.75 Å². The van der Waals surface area contributed by atoms with Gasteiger partial charge in [0.25, 0.3) is 5.91 Å². The molecule has 0 saturated heterocycles. The van der Waals surface area contributed by atoms with Gasteiger partial charge in [0, 0.05) is 34.8 Å². The van der Waals surface area contributed by atoms with Crippen LogP contribution < -0.4 is 4.74 Å². The smallest absolute Gasteiger partial charge is 0.254 e. The number of nitrogens with one attached hydrogen (secondary N) is 1. The molecule has 0 unspecified atom stereocenters. The number of fused-ring (bicyclic) bond motifs is 2. The molecule has 0 saturated carbocycles. The Morgan fingerprint density at radius 1 is 1.03 bits per heavy atom. The molecule has 6 nitrogen and oxygen atoms in total. The second-order valence-electron chi connectivity index (χ2n) is 8.37. The molecule has 0 aliphatic carbocycles. The van der Waals surface area contributed by atoms with Crippen molar-refractivity contribution in [1.29, 1.82) is 0 Å². The van der Waals surface area contributed by atoms with Crippen LogP contribution in [0.2, 0.25) is 0 Å². The number of nitrogens with zero attached hydrogens (tertiary/aromatic N) is 3. The second kappa shape index (κ2) is 8.43. The van der Waals surface area contributed by atoms with Crippen LogP contribution in [0, 0.1) is 6.92 Å². The molecule has 2 aromatic heterocycles. The molecule has 168 valence electrons. The van der Waals surface area contributed by atoms with E-state index in [9.17, 15) is 4.79 Å². The van der Waals surface area contributed by atoms with Crippen molar-refractivity contribution in [3.05, 3.63) is 89.2 Å². The third kappa shape index (κ3) is 3.84. The summed E-state index contributed by atoms with van der Waals surface area (Å²) in [5, 5.41) is 2.90. The first-order chi connectivity index (χ1) is 16.6. The zero-order valence-electron chi connectivity index (χ0n) is 18.6. The number of amides is 1. The first kappa shape index (κ1) is 20.6. The zero-order valence-corrected chi connectivity index (χ0v) is 19.4. The van der Waals surface area contributed by atoms with E-state index in [1.165, 1.54) is 0 Å². The van der Waals surface area contributed by atoms with Crippen molar-refractivity contribution in [2.24, 2.45) is 0 Å². The number of thiazole rings is 1. The Hall–Kier alpha value is -3.97. The predicted octanol–water partition coefficient (Wildman–Crippen LogP) is 5.70. The molecule has 1 amide bonds. The highest BCUT2D eigenvalue weighted by atomic mass is 32.1. The van der Waals surface area contributed by atoms with E-state index in [0.717, 1.165) is 49.9 Å². The van der Waals surface area contributed by atoms with Crippen molar-refractivity contribution in [2.75, 3.05) is 13.2 Å². The Morgan fingerprint density at radius 3 is 2.65 bits per heavy atom. The van der Waals surface area contributed by atoms with Crippen molar-refractivity contribution in [2.45, 2.75) is 13.5 Å². The third-order valence-corrected chi connectivity index (χ3v) is 6.89. The van der Waals surface area contributed by atoms with Gasteiger partial charge in [0.05, 0.1) is 17.6 Å². The quantitative estimate of drug-likeness (QED) is 0.370. The topological polar surface area (TPSA) is 71.1 Å². The second-order valence-corrected chi connectivity index (χ2v) is 9.26. The lowest BCUT2D eigenvalue weighted by Gasteiger charge is -2.20. The molecular formula is C27H22N4O2S. The van der Waals surface area contributed by atoms with E-state index in [4.69, 9.17) is 4.74 Å². The van der Waals surface area contributed by atoms with Gasteiger partial charge in [-0.3, -0.25) is 4.79 Å². The number of aryl methyl sites for hydroxylation is 1. The molecular weight excluding hydrogens is 444 g/mol. The average molecular weight is 467 g/mol. The summed E-state index contributed by atoms with van der Waals surface area (Å²) in [4.78, 5) is 27.3. The van der Waals surface area contributed by atoms with E-state index in [1.54, 1.807) is 17.5 Å². The van der Waals surface area contributed by atoms with Crippen LogP contribution >= 0.6 is 11.3 Å². The van der Waals surface area contributed by atoms with E-state index in [-0.39, 0.29) is 5.91 Å². The first-order valence-electron chi connectivity index (χ1n) is 11.2. The van der Waals surface area contributed by atoms with Gasteiger partial charge < -0.3 is 14.6 Å². The van der Waals surface area contributed by atoms with Crippen LogP contribution in [-0.2, 0) is 6.54 Å². The van der Waals surface area contributed by atoms with Crippen molar-refractivity contribution in [3.8, 4) is 27.4 Å². The third-order valence-electron chi connectivity index (χ3n) is 6.07. The van der Waals surface area contributed by atoms with Crippen molar-refractivity contribution >= 4 is 28.3 Å². The summed E-state index contributed by atoms with van der Waals surface area (Å²) in [6.07, 6.45) is 1.79. The van der Waals surface area contributed by atoms with E-state index >= 15 is 0 Å². The number of ether oxygens (including phenoxy) is 1. The number of H-pyrrole nitrogens is 1. The highest BCUT2D eigenvalue weighted by Crippen LogP contribution is 2.31. The van der Waals surface area contributed by atoms with Gasteiger partial charge in [-0.1, -0.05) is 24.3 Å². The summed E-state index contributed by atoms with van der Waals surface area (Å²) in [5.41, 5.74) is 6.84. The van der Waals surface area contributed by atoms with Crippen LogP contribution in [0.4, 0.5) is 0 Å². The molecule has 5 aromatic rings. The summed E-state index contributed by atoms with van der Waals surface area (Å²) >= 11 is 1.59. The van der Waals surface area contributed by atoms with Crippen LogP contribution in [0.15, 0.2) is 72.2 Å². The summed E-state index contributed by atoms with van der Waals surface area (Å²) in [7, 11) is 0. The van der Waals surface area contributed by atoms with Gasteiger partial charge in [0.1, 0.15) is 23.2 Å². The van der Waals surface area contributed by atoms with Crippen LogP contribution in [0.25, 0.3) is 32.7 Å². The van der Waals surface area contributed by atoms with E-state index in [1.807, 2.05) is 53.6 Å². The molecule has 34 heavy (non-hydrogen) atoms. The fraction of sp³-hybridized carbons (Fsp3) is 0.148. The maximum absolute atomic E-state index is 13.3. The fourth-order valence-corrected chi connectivity index (χ4v) is 5.01. The highest BCUT2D eigenvalue weighted by molar-refractivity contribution is 7.13. The number of aromatic nitrogens is 3. The molecule has 3 heterocycles. The average Bonchev–Trinajstić information content (AvgIpc) is 3.47. The van der Waals surface area contributed by atoms with Crippen molar-refractivity contribution < 1.29 is 9.53 Å². The molecule has 0 radical (unpaired) electrons. The molecule has 1 aliphatic heterocycles. The minimum atomic E-state index is 0.00176. The van der Waals surface area contributed by atoms with Crippen LogP contribution in [0.3, 0.4) is 0 Å². The first-order valence-corrected chi connectivity index (χ1v) is 12.0. The zero-order chi connectivity index (χ0) is 23.1. The van der Waals surface area contributed by atoms with Gasteiger partial charge in [0.15, 0.2) is 0 Å². The standard InChI is InChI=1S/C27H22N4O2S/c1-17-29-23-8-6-21(15-24(23)30-17)20-7-9-25-22(14-20)16-31(11-12-33-25)27(32)19-4-2-18(3-5-19)26-28-10-13-34-26/h2-10,13-15H,11-12,16H2,1H3,(H,29,30). The molecule has 0 fully saturated rings. The minimum Gasteiger partial charge on any atom is -0.491 e. The minimum absolute atomic E-state index is 0.00176. The molecule has 1 aliphatic rings. The number of hydrogen-bond donors (Lipinski definition) is 1. The largest absolute Gasteiger partial charge is 0.491 e. The summed E-state index contributed by atoms with van der Waals surface area (Å²) < 4.78 is 5.98. The lowest BCUT2D eigenvalue weighted by atomic mass is 10.0. The number of carbonyl (C=O) groups excluding carboxylic acids is 1. The lowest BCUT2D eigenvalue weighted by molar-refractivity contribution is 0.0733. The van der Waals surface area contributed by atoms with Gasteiger partial charge in [-0.15, -0.1) is 11.3 Å². The van der Waals surface area contributed by atoms with Gasteiger partial charge in [-0.25, -0.2) is 9.97 Å². The molecule has 1 N–H and O–H groups in total. The van der Waals surface area contributed by atoms with Crippen molar-refractivity contribution in [1.82, 2.24) is 19.9 Å². The molecule has 6 rings (SSSR count). The number of rotatable bonds is 3. The summed E-state index contributed by atoms with van der Waals surface area (Å²) in [6.45, 7) is 3.46. The van der Waals surface area contributed by atoms with Gasteiger partial charge >= 0.3 is 0 Å². The molecule has 0 spiro atoms. The predicted molar refractivity (Wildman–Crippen MR) is 134 cm³/mol. The Bertz CT molecular complexity index is 1490. The molecule has 0 atom stereocenters. The number of carbonyl (C=O) groups is 1. The van der Waals surface area contributed by atoms with E-state index < -0.39 is 0 Å². The number of aromatic amines is 1. The monoisotopic (exact) mass is 466 g/mol. The molecule has 7 heteroatoms. The number of imidazole rings is 1. The van der Waals surface area contributed by atoms with E-state index in [2.05, 4.69) is 39.2 Å². The highest BCUT2D eigenvalue weighted by Gasteiger charge is 2.22. The van der Waals surface area contributed by atoms with Gasteiger partial charge in [-0.2, -0.15) is 0 Å². The number of benzene rings is 3. The fourth-order valence-electron chi connectivity index (χ4n) is 4.37. The Balaban J connectivity index is 1.27. The van der Waals surface area contributed by atoms with Crippen LogP contribution in [0.1, 0.15) is 21.7 Å². The Morgan fingerprint density at radius 2 is 1.82 bits per heavy atom. The van der Waals surface area contributed by atoms with Crippen LogP contribution in [-0.4, -0.2) is 38.9 Å². The lowest BCUT2D eigenvalue weighted by Crippen LogP contribution is -2.32. The Kier molecular flexibility index (Phi) is 5.11. The SMILES string of the molecule is Cc1nc2ccc(-c3ccc4c(c3)CN(C(=O)c3ccc(-c5nccs5)cc3)CCO4)cc2[nH]1. The van der Waals surface area contributed by atoms with Crippen molar-refractivity contribution in [3.63, 3.8) is 0 Å².